The van der Waals surface area contributed by atoms with Crippen LogP contribution in [0.3, 0.4) is 0 Å². The Hall–Kier alpha value is -2.04. The van der Waals surface area contributed by atoms with Crippen molar-refractivity contribution >= 4 is 11.8 Å². The molecule has 0 aliphatic heterocycles. The minimum Gasteiger partial charge on any atom is -0.507 e. The maximum Gasteiger partial charge on any atom is 0.303 e. The molecule has 0 unspecified atom stereocenters. The van der Waals surface area contributed by atoms with Crippen LogP contribution in [-0.4, -0.2) is 28.6 Å². The number of carbonyl (C=O) groups excluding carboxylic acids is 1. The van der Waals surface area contributed by atoms with Gasteiger partial charge in [0.1, 0.15) is 11.5 Å². The van der Waals surface area contributed by atoms with Crippen molar-refractivity contribution in [3.63, 3.8) is 0 Å². The first-order valence-corrected chi connectivity index (χ1v) is 6.19. The largest absolute Gasteiger partial charge is 0.507 e. The first-order chi connectivity index (χ1) is 9.00. The van der Waals surface area contributed by atoms with Crippen LogP contribution < -0.4 is 4.74 Å². The molecule has 0 atom stereocenters. The fraction of sp³-hybridized carbons (Fsp3) is 0.429. The predicted octanol–water partition coefficient (Wildman–Crippen LogP) is 2.86. The van der Waals surface area contributed by atoms with E-state index in [1.165, 1.54) is 19.1 Å². The summed E-state index contributed by atoms with van der Waals surface area (Å²) in [5, 5.41) is 17.9. The lowest BCUT2D eigenvalue weighted by molar-refractivity contribution is -0.137. The van der Waals surface area contributed by atoms with Crippen molar-refractivity contribution < 1.29 is 24.5 Å². The zero-order chi connectivity index (χ0) is 14.8. The third-order valence-electron chi connectivity index (χ3n) is 2.15. The van der Waals surface area contributed by atoms with E-state index in [-0.39, 0.29) is 30.1 Å². The molecule has 0 bridgehead atoms. The van der Waals surface area contributed by atoms with Gasteiger partial charge in [0, 0.05) is 12.5 Å². The number of ketones is 1. The van der Waals surface area contributed by atoms with Crippen molar-refractivity contribution in [1.29, 1.82) is 0 Å². The van der Waals surface area contributed by atoms with Crippen LogP contribution in [-0.2, 0) is 4.79 Å². The van der Waals surface area contributed by atoms with Crippen molar-refractivity contribution in [1.82, 2.24) is 0 Å². The van der Waals surface area contributed by atoms with E-state index in [0.717, 1.165) is 0 Å². The summed E-state index contributed by atoms with van der Waals surface area (Å²) in [5.41, 5.74) is 0.239. The maximum atomic E-state index is 11.0. The molecule has 0 amide bonds. The molecule has 0 aromatic heterocycles. The monoisotopic (exact) mass is 268 g/mol. The van der Waals surface area contributed by atoms with Gasteiger partial charge in [0.2, 0.25) is 0 Å². The number of carbonyl (C=O) groups is 2. The first kappa shape index (κ1) is 17.0. The molecule has 0 saturated carbocycles. The molecule has 0 aliphatic carbocycles. The number of phenols is 1. The van der Waals surface area contributed by atoms with Crippen molar-refractivity contribution in [3.8, 4) is 11.5 Å². The van der Waals surface area contributed by atoms with Crippen molar-refractivity contribution in [3.05, 3.63) is 23.8 Å². The Bertz CT molecular complexity index is 426. The molecule has 0 fully saturated rings. The molecule has 1 aromatic rings. The average Bonchev–Trinajstić information content (AvgIpc) is 2.36. The summed E-state index contributed by atoms with van der Waals surface area (Å²) in [4.78, 5) is 21.3. The lowest BCUT2D eigenvalue weighted by Gasteiger charge is -2.07. The number of benzene rings is 1. The van der Waals surface area contributed by atoms with E-state index >= 15 is 0 Å². The molecule has 0 aliphatic rings. The highest BCUT2D eigenvalue weighted by molar-refractivity contribution is 5.96. The van der Waals surface area contributed by atoms with Gasteiger partial charge < -0.3 is 14.9 Å². The van der Waals surface area contributed by atoms with Crippen LogP contribution in [0.5, 0.6) is 11.5 Å². The van der Waals surface area contributed by atoms with E-state index in [1.807, 2.05) is 13.8 Å². The van der Waals surface area contributed by atoms with E-state index < -0.39 is 5.97 Å². The summed E-state index contributed by atoms with van der Waals surface area (Å²) in [5.74, 6) is -0.811. The summed E-state index contributed by atoms with van der Waals surface area (Å²) in [6.07, 6.45) is 0.433. The fourth-order valence-electron chi connectivity index (χ4n) is 1.31. The third-order valence-corrected chi connectivity index (χ3v) is 2.15. The van der Waals surface area contributed by atoms with Gasteiger partial charge in [-0.3, -0.25) is 9.59 Å². The molecule has 0 radical (unpaired) electrons. The molecule has 19 heavy (non-hydrogen) atoms. The topological polar surface area (TPSA) is 83.8 Å². The molecule has 0 spiro atoms. The second-order valence-electron chi connectivity index (χ2n) is 3.58. The van der Waals surface area contributed by atoms with Crippen LogP contribution in [0.15, 0.2) is 18.2 Å². The molecule has 0 heterocycles. The van der Waals surface area contributed by atoms with Crippen LogP contribution in [0.2, 0.25) is 0 Å². The van der Waals surface area contributed by atoms with Gasteiger partial charge in [-0.1, -0.05) is 13.8 Å². The number of aromatic hydroxyl groups is 1. The van der Waals surface area contributed by atoms with E-state index in [1.54, 1.807) is 6.07 Å². The first-order valence-electron chi connectivity index (χ1n) is 6.19. The summed E-state index contributed by atoms with van der Waals surface area (Å²) < 4.78 is 5.24. The number of phenolic OH excluding ortho intramolecular Hbond substituents is 1. The summed E-state index contributed by atoms with van der Waals surface area (Å²) in [6.45, 7) is 5.62. The van der Waals surface area contributed by atoms with E-state index in [4.69, 9.17) is 9.84 Å². The molecule has 0 saturated heterocycles. The number of ether oxygens (including phenoxy) is 1. The number of carboxylic acids is 1. The van der Waals surface area contributed by atoms with Gasteiger partial charge in [0.25, 0.3) is 0 Å². The Kier molecular flexibility index (Phi) is 8.00. The van der Waals surface area contributed by atoms with Gasteiger partial charge in [-0.15, -0.1) is 0 Å². The van der Waals surface area contributed by atoms with Crippen LogP contribution >= 0.6 is 0 Å². The number of Topliss-reactive ketones (excluding diaryl/α,β-unsaturated/α-hetero) is 1. The molecule has 5 nitrogen and oxygen atoms in total. The van der Waals surface area contributed by atoms with Crippen LogP contribution in [0.1, 0.15) is 44.0 Å². The SMILES string of the molecule is CC.CC(=O)c1ccc(OCCCC(=O)O)cc1O. The number of hydrogen-bond acceptors (Lipinski definition) is 4. The normalized spacial score (nSPS) is 9.21. The number of aliphatic carboxylic acids is 1. The lowest BCUT2D eigenvalue weighted by Crippen LogP contribution is -2.02. The minimum atomic E-state index is -0.872. The predicted molar refractivity (Wildman–Crippen MR) is 71.8 cm³/mol. The van der Waals surface area contributed by atoms with E-state index in [0.29, 0.717) is 12.2 Å². The van der Waals surface area contributed by atoms with Crippen molar-refractivity contribution in [2.24, 2.45) is 0 Å². The lowest BCUT2D eigenvalue weighted by atomic mass is 10.1. The van der Waals surface area contributed by atoms with Crippen LogP contribution in [0, 0.1) is 0 Å². The molecule has 106 valence electrons. The summed E-state index contributed by atoms with van der Waals surface area (Å²) in [7, 11) is 0. The maximum absolute atomic E-state index is 11.0. The van der Waals surface area contributed by atoms with Gasteiger partial charge in [0.05, 0.1) is 12.2 Å². The zero-order valence-electron chi connectivity index (χ0n) is 11.5. The quantitative estimate of drug-likeness (QED) is 0.612. The van der Waals surface area contributed by atoms with Crippen LogP contribution in [0.4, 0.5) is 0 Å². The third kappa shape index (κ3) is 6.45. The Morgan fingerprint density at radius 1 is 1.26 bits per heavy atom. The second kappa shape index (κ2) is 8.97. The Morgan fingerprint density at radius 2 is 1.89 bits per heavy atom. The fourth-order valence-corrected chi connectivity index (χ4v) is 1.31. The minimum absolute atomic E-state index is 0.0392. The Balaban J connectivity index is 0.00000154. The molecule has 1 rings (SSSR count). The number of rotatable bonds is 6. The van der Waals surface area contributed by atoms with E-state index in [9.17, 15) is 14.7 Å². The van der Waals surface area contributed by atoms with Crippen LogP contribution in [0.25, 0.3) is 0 Å². The van der Waals surface area contributed by atoms with Crippen molar-refractivity contribution in [2.75, 3.05) is 6.61 Å². The molecule has 5 heteroatoms. The number of carboxylic acid groups (broad SMARTS) is 1. The molecule has 1 aromatic carbocycles. The summed E-state index contributed by atoms with van der Waals surface area (Å²) >= 11 is 0. The molecule has 2 N–H and O–H groups in total. The highest BCUT2D eigenvalue weighted by Gasteiger charge is 2.07. The number of hydrogen-bond donors (Lipinski definition) is 2. The van der Waals surface area contributed by atoms with Gasteiger partial charge in [-0.05, 0) is 25.5 Å². The van der Waals surface area contributed by atoms with Gasteiger partial charge in [-0.25, -0.2) is 0 Å². The Morgan fingerprint density at radius 3 is 2.37 bits per heavy atom. The highest BCUT2D eigenvalue weighted by atomic mass is 16.5. The Labute approximate surface area is 112 Å². The average molecular weight is 268 g/mol. The highest BCUT2D eigenvalue weighted by Crippen LogP contribution is 2.24. The van der Waals surface area contributed by atoms with Crippen molar-refractivity contribution in [2.45, 2.75) is 33.6 Å². The molecular weight excluding hydrogens is 248 g/mol. The second-order valence-corrected chi connectivity index (χ2v) is 3.58. The molecular formula is C14H20O5. The van der Waals surface area contributed by atoms with Gasteiger partial charge in [-0.2, -0.15) is 0 Å². The van der Waals surface area contributed by atoms with Gasteiger partial charge in [0.15, 0.2) is 5.78 Å². The zero-order valence-corrected chi connectivity index (χ0v) is 11.5. The van der Waals surface area contributed by atoms with Gasteiger partial charge >= 0.3 is 5.97 Å². The summed E-state index contributed by atoms with van der Waals surface area (Å²) in [6, 6.07) is 4.39. The standard InChI is InChI=1S/C12H14O5.C2H6/c1-8(13)10-5-4-9(7-11(10)14)17-6-2-3-12(15)16;1-2/h4-5,7,14H,2-3,6H2,1H3,(H,15,16);1-2H3. The van der Waals surface area contributed by atoms with E-state index in [2.05, 4.69) is 0 Å². The smallest absolute Gasteiger partial charge is 0.303 e.